The Hall–Kier alpha value is -2.24. The van der Waals surface area contributed by atoms with Gasteiger partial charge in [-0.05, 0) is 25.1 Å². The van der Waals surface area contributed by atoms with E-state index in [4.69, 9.17) is 15.2 Å². The van der Waals surface area contributed by atoms with Crippen molar-refractivity contribution in [1.29, 1.82) is 0 Å². The standard InChI is InChI=1S/C10H11N3O3/c1-6(12-13-10(11)14)7-2-3-8-9(4-7)16-5-15-8/h2-4H,5H2,1H3,(H3,11,13,14)/b12-6-. The first-order valence-electron chi connectivity index (χ1n) is 4.66. The van der Waals surface area contributed by atoms with E-state index in [1.165, 1.54) is 0 Å². The molecular formula is C10H11N3O3. The highest BCUT2D eigenvalue weighted by molar-refractivity contribution is 5.99. The summed E-state index contributed by atoms with van der Waals surface area (Å²) in [6, 6.07) is 4.72. The lowest BCUT2D eigenvalue weighted by Crippen LogP contribution is -2.25. The Kier molecular flexibility index (Phi) is 2.63. The summed E-state index contributed by atoms with van der Waals surface area (Å²) in [5.41, 5.74) is 8.54. The second-order valence-corrected chi connectivity index (χ2v) is 3.24. The molecule has 1 aromatic carbocycles. The molecule has 16 heavy (non-hydrogen) atoms. The van der Waals surface area contributed by atoms with E-state index >= 15 is 0 Å². The molecule has 0 atom stereocenters. The maximum Gasteiger partial charge on any atom is 0.332 e. The first-order valence-corrected chi connectivity index (χ1v) is 4.66. The molecule has 0 spiro atoms. The number of fused-ring (bicyclic) bond motifs is 1. The molecule has 0 aliphatic carbocycles. The number of carbonyl (C=O) groups is 1. The van der Waals surface area contributed by atoms with Crippen molar-refractivity contribution in [2.24, 2.45) is 10.8 Å². The Morgan fingerprint density at radius 3 is 2.94 bits per heavy atom. The van der Waals surface area contributed by atoms with E-state index in [9.17, 15) is 4.79 Å². The van der Waals surface area contributed by atoms with Crippen LogP contribution in [0, 0.1) is 0 Å². The third kappa shape index (κ3) is 2.05. The summed E-state index contributed by atoms with van der Waals surface area (Å²) >= 11 is 0. The Bertz CT molecular complexity index is 457. The van der Waals surface area contributed by atoms with Gasteiger partial charge >= 0.3 is 6.03 Å². The van der Waals surface area contributed by atoms with Crippen LogP contribution in [0.5, 0.6) is 11.5 Å². The molecule has 3 N–H and O–H groups in total. The normalized spacial score (nSPS) is 13.7. The van der Waals surface area contributed by atoms with Crippen LogP contribution in [0.4, 0.5) is 4.79 Å². The third-order valence-electron chi connectivity index (χ3n) is 2.12. The summed E-state index contributed by atoms with van der Waals surface area (Å²) in [5.74, 6) is 1.38. The van der Waals surface area contributed by atoms with E-state index in [1.54, 1.807) is 19.1 Å². The van der Waals surface area contributed by atoms with Gasteiger partial charge in [-0.2, -0.15) is 5.10 Å². The highest BCUT2D eigenvalue weighted by Gasteiger charge is 2.13. The minimum absolute atomic E-state index is 0.231. The van der Waals surface area contributed by atoms with E-state index in [2.05, 4.69) is 10.5 Å². The maximum atomic E-state index is 10.5. The van der Waals surface area contributed by atoms with E-state index in [0.717, 1.165) is 5.56 Å². The Labute approximate surface area is 92.0 Å². The lowest BCUT2D eigenvalue weighted by atomic mass is 10.1. The molecule has 0 radical (unpaired) electrons. The smallest absolute Gasteiger partial charge is 0.332 e. The number of nitrogens with two attached hydrogens (primary N) is 1. The number of rotatable bonds is 2. The summed E-state index contributed by atoms with van der Waals surface area (Å²) in [4.78, 5) is 10.5. The van der Waals surface area contributed by atoms with Crippen molar-refractivity contribution in [2.45, 2.75) is 6.92 Å². The summed E-state index contributed by atoms with van der Waals surface area (Å²) < 4.78 is 10.4. The molecule has 0 unspecified atom stereocenters. The lowest BCUT2D eigenvalue weighted by Gasteiger charge is -2.02. The highest BCUT2D eigenvalue weighted by Crippen LogP contribution is 2.32. The molecule has 2 amide bonds. The number of hydrogen-bond acceptors (Lipinski definition) is 4. The molecule has 0 saturated carbocycles. The van der Waals surface area contributed by atoms with Crippen LogP contribution in [0.2, 0.25) is 0 Å². The van der Waals surface area contributed by atoms with Gasteiger partial charge in [-0.25, -0.2) is 10.2 Å². The quantitative estimate of drug-likeness (QED) is 0.572. The number of carbonyl (C=O) groups excluding carboxylic acids is 1. The van der Waals surface area contributed by atoms with Crippen molar-refractivity contribution >= 4 is 11.7 Å². The van der Waals surface area contributed by atoms with Crippen LogP contribution in [0.1, 0.15) is 12.5 Å². The molecule has 1 aromatic rings. The zero-order chi connectivity index (χ0) is 11.5. The Morgan fingerprint density at radius 2 is 2.19 bits per heavy atom. The number of urea groups is 1. The molecule has 1 aliphatic heterocycles. The lowest BCUT2D eigenvalue weighted by molar-refractivity contribution is 0.174. The van der Waals surface area contributed by atoms with Gasteiger partial charge in [-0.3, -0.25) is 0 Å². The van der Waals surface area contributed by atoms with Gasteiger partial charge in [-0.15, -0.1) is 0 Å². The van der Waals surface area contributed by atoms with E-state index in [0.29, 0.717) is 17.2 Å². The third-order valence-corrected chi connectivity index (χ3v) is 2.12. The van der Waals surface area contributed by atoms with Crippen molar-refractivity contribution < 1.29 is 14.3 Å². The number of hydrazone groups is 1. The molecule has 2 rings (SSSR count). The average molecular weight is 221 g/mol. The molecule has 0 saturated heterocycles. The van der Waals surface area contributed by atoms with Crippen LogP contribution >= 0.6 is 0 Å². The number of ether oxygens (including phenoxy) is 2. The molecule has 0 fully saturated rings. The molecular weight excluding hydrogens is 210 g/mol. The second kappa shape index (κ2) is 4.09. The molecule has 6 heteroatoms. The van der Waals surface area contributed by atoms with Gasteiger partial charge in [0.2, 0.25) is 6.79 Å². The van der Waals surface area contributed by atoms with Crippen LogP contribution in [0.3, 0.4) is 0 Å². The fraction of sp³-hybridized carbons (Fsp3) is 0.200. The van der Waals surface area contributed by atoms with Crippen LogP contribution < -0.4 is 20.6 Å². The first kappa shape index (κ1) is 10.3. The van der Waals surface area contributed by atoms with Crippen LogP contribution in [0.15, 0.2) is 23.3 Å². The predicted octanol–water partition coefficient (Wildman–Crippen LogP) is 0.808. The Morgan fingerprint density at radius 1 is 1.44 bits per heavy atom. The number of benzene rings is 1. The van der Waals surface area contributed by atoms with Crippen LogP contribution in [-0.4, -0.2) is 18.5 Å². The van der Waals surface area contributed by atoms with Gasteiger partial charge in [0.1, 0.15) is 0 Å². The molecule has 0 aromatic heterocycles. The zero-order valence-electron chi connectivity index (χ0n) is 8.69. The topological polar surface area (TPSA) is 85.9 Å². The van der Waals surface area contributed by atoms with E-state index in [-0.39, 0.29) is 6.79 Å². The van der Waals surface area contributed by atoms with E-state index < -0.39 is 6.03 Å². The molecule has 1 aliphatic rings. The van der Waals surface area contributed by atoms with Gasteiger partial charge in [0, 0.05) is 5.56 Å². The van der Waals surface area contributed by atoms with Gasteiger partial charge in [0.05, 0.1) is 5.71 Å². The van der Waals surface area contributed by atoms with Crippen molar-refractivity contribution in [3.63, 3.8) is 0 Å². The number of hydrogen-bond donors (Lipinski definition) is 2. The van der Waals surface area contributed by atoms with E-state index in [1.807, 2.05) is 6.07 Å². The molecule has 1 heterocycles. The number of nitrogens with one attached hydrogen (secondary N) is 1. The number of amides is 2. The summed E-state index contributed by atoms with van der Waals surface area (Å²) in [7, 11) is 0. The summed E-state index contributed by atoms with van der Waals surface area (Å²) in [5, 5.41) is 3.82. The Balaban J connectivity index is 2.21. The number of nitrogens with zero attached hydrogens (tertiary/aromatic N) is 1. The van der Waals surface area contributed by atoms with Gasteiger partial charge < -0.3 is 15.2 Å². The SMILES string of the molecule is C/C(=N/NC(N)=O)c1ccc2c(c1)OCO2. The van der Waals surface area contributed by atoms with Gasteiger partial charge in [-0.1, -0.05) is 0 Å². The average Bonchev–Trinajstić information content (AvgIpc) is 2.72. The van der Waals surface area contributed by atoms with Gasteiger partial charge in [0.25, 0.3) is 0 Å². The fourth-order valence-electron chi connectivity index (χ4n) is 1.33. The van der Waals surface area contributed by atoms with Crippen molar-refractivity contribution in [2.75, 3.05) is 6.79 Å². The summed E-state index contributed by atoms with van der Waals surface area (Å²) in [6.45, 7) is 1.99. The van der Waals surface area contributed by atoms with Crippen molar-refractivity contribution in [1.82, 2.24) is 5.43 Å². The minimum atomic E-state index is -0.694. The van der Waals surface area contributed by atoms with Crippen molar-refractivity contribution in [3.8, 4) is 11.5 Å². The first-order chi connectivity index (χ1) is 7.66. The van der Waals surface area contributed by atoms with Crippen molar-refractivity contribution in [3.05, 3.63) is 23.8 Å². The fourth-order valence-corrected chi connectivity index (χ4v) is 1.33. The predicted molar refractivity (Wildman–Crippen MR) is 57.5 cm³/mol. The second-order valence-electron chi connectivity index (χ2n) is 3.24. The molecule has 0 bridgehead atoms. The molecule has 6 nitrogen and oxygen atoms in total. The summed E-state index contributed by atoms with van der Waals surface area (Å²) in [6.07, 6.45) is 0. The van der Waals surface area contributed by atoms with Crippen LogP contribution in [0.25, 0.3) is 0 Å². The minimum Gasteiger partial charge on any atom is -0.454 e. The zero-order valence-corrected chi connectivity index (χ0v) is 8.69. The monoisotopic (exact) mass is 221 g/mol. The van der Waals surface area contributed by atoms with Crippen LogP contribution in [-0.2, 0) is 0 Å². The largest absolute Gasteiger partial charge is 0.454 e. The van der Waals surface area contributed by atoms with Gasteiger partial charge in [0.15, 0.2) is 11.5 Å². The highest BCUT2D eigenvalue weighted by atomic mass is 16.7. The number of primary amides is 1. The molecule has 84 valence electrons. The maximum absolute atomic E-state index is 10.5.